The predicted molar refractivity (Wildman–Crippen MR) is 36.5 cm³/mol. The van der Waals surface area contributed by atoms with E-state index in [-0.39, 0.29) is 0 Å². The lowest BCUT2D eigenvalue weighted by atomic mass is 10.1. The van der Waals surface area contributed by atoms with E-state index in [1.165, 1.54) is 0 Å². The molecule has 3 nitrogen and oxygen atoms in total. The van der Waals surface area contributed by atoms with E-state index in [1.54, 1.807) is 6.20 Å². The van der Waals surface area contributed by atoms with Gasteiger partial charge in [0, 0.05) is 24.9 Å². The van der Waals surface area contributed by atoms with E-state index in [2.05, 4.69) is 5.10 Å². The first-order valence-corrected chi connectivity index (χ1v) is 3.50. The number of hydrogen-bond acceptors (Lipinski definition) is 2. The standard InChI is InChI=1S/C7H10N2O/c1-2-8-9(3-1)4-7-5-10-6-7/h1-3,7H,4-6H2. The fourth-order valence-electron chi connectivity index (χ4n) is 1.06. The van der Waals surface area contributed by atoms with Crippen LogP contribution in [0.2, 0.25) is 0 Å². The van der Waals surface area contributed by atoms with Crippen LogP contribution in [0.3, 0.4) is 0 Å². The summed E-state index contributed by atoms with van der Waals surface area (Å²) in [7, 11) is 0. The molecule has 3 heteroatoms. The number of hydrogen-bond donors (Lipinski definition) is 0. The second-order valence-corrected chi connectivity index (χ2v) is 2.63. The van der Waals surface area contributed by atoms with E-state index >= 15 is 0 Å². The quantitative estimate of drug-likeness (QED) is 0.596. The molecule has 1 saturated heterocycles. The highest BCUT2D eigenvalue weighted by Gasteiger charge is 2.18. The average Bonchev–Trinajstić information content (AvgIpc) is 2.29. The molecule has 1 aliphatic heterocycles. The molecule has 2 heterocycles. The highest BCUT2D eigenvalue weighted by Crippen LogP contribution is 2.11. The zero-order valence-electron chi connectivity index (χ0n) is 5.73. The highest BCUT2D eigenvalue weighted by molar-refractivity contribution is 4.79. The van der Waals surface area contributed by atoms with Gasteiger partial charge in [-0.2, -0.15) is 5.10 Å². The Labute approximate surface area is 59.6 Å². The maximum absolute atomic E-state index is 5.04. The lowest BCUT2D eigenvalue weighted by Crippen LogP contribution is -2.31. The maximum atomic E-state index is 5.04. The molecule has 0 bridgehead atoms. The van der Waals surface area contributed by atoms with E-state index in [1.807, 2.05) is 16.9 Å². The van der Waals surface area contributed by atoms with Crippen LogP contribution in [0.5, 0.6) is 0 Å². The summed E-state index contributed by atoms with van der Waals surface area (Å²) in [6.07, 6.45) is 3.79. The van der Waals surface area contributed by atoms with Crippen molar-refractivity contribution in [1.82, 2.24) is 9.78 Å². The molecule has 0 aromatic carbocycles. The van der Waals surface area contributed by atoms with Crippen molar-refractivity contribution in [2.24, 2.45) is 5.92 Å². The van der Waals surface area contributed by atoms with Crippen LogP contribution in [-0.2, 0) is 11.3 Å². The topological polar surface area (TPSA) is 27.1 Å². The molecule has 54 valence electrons. The van der Waals surface area contributed by atoms with Gasteiger partial charge in [0.2, 0.25) is 0 Å². The Morgan fingerprint density at radius 1 is 1.60 bits per heavy atom. The van der Waals surface area contributed by atoms with Crippen molar-refractivity contribution < 1.29 is 4.74 Å². The molecule has 0 amide bonds. The van der Waals surface area contributed by atoms with Crippen LogP contribution >= 0.6 is 0 Å². The molecule has 2 rings (SSSR count). The van der Waals surface area contributed by atoms with Gasteiger partial charge in [-0.1, -0.05) is 0 Å². The number of rotatable bonds is 2. The second kappa shape index (κ2) is 2.42. The summed E-state index contributed by atoms with van der Waals surface area (Å²) in [5.74, 6) is 0.694. The third-order valence-electron chi connectivity index (χ3n) is 1.71. The Hall–Kier alpha value is -0.830. The van der Waals surface area contributed by atoms with Gasteiger partial charge in [-0.3, -0.25) is 4.68 Å². The van der Waals surface area contributed by atoms with E-state index < -0.39 is 0 Å². The largest absolute Gasteiger partial charge is 0.381 e. The summed E-state index contributed by atoms with van der Waals surface area (Å²) in [5.41, 5.74) is 0. The van der Waals surface area contributed by atoms with Gasteiger partial charge < -0.3 is 4.74 Å². The van der Waals surface area contributed by atoms with Crippen LogP contribution < -0.4 is 0 Å². The molecule has 1 aromatic rings. The van der Waals surface area contributed by atoms with Crippen molar-refractivity contribution in [3.05, 3.63) is 18.5 Å². The first kappa shape index (κ1) is 5.92. The minimum absolute atomic E-state index is 0.694. The predicted octanol–water partition coefficient (Wildman–Crippen LogP) is 0.529. The van der Waals surface area contributed by atoms with Gasteiger partial charge in [0.15, 0.2) is 0 Å². The summed E-state index contributed by atoms with van der Waals surface area (Å²) >= 11 is 0. The Balaban J connectivity index is 1.90. The normalized spacial score (nSPS) is 18.8. The van der Waals surface area contributed by atoms with Crippen LogP contribution in [0.4, 0.5) is 0 Å². The summed E-state index contributed by atoms with van der Waals surface area (Å²) in [6.45, 7) is 2.81. The lowest BCUT2D eigenvalue weighted by molar-refractivity contribution is -0.0408. The Bertz CT molecular complexity index is 191. The number of aromatic nitrogens is 2. The van der Waals surface area contributed by atoms with Crippen molar-refractivity contribution in [3.8, 4) is 0 Å². The third-order valence-corrected chi connectivity index (χ3v) is 1.71. The van der Waals surface area contributed by atoms with Crippen molar-refractivity contribution in [3.63, 3.8) is 0 Å². The van der Waals surface area contributed by atoms with Gasteiger partial charge in [-0.25, -0.2) is 0 Å². The summed E-state index contributed by atoms with van der Waals surface area (Å²) in [6, 6.07) is 1.94. The zero-order chi connectivity index (χ0) is 6.81. The van der Waals surface area contributed by atoms with Crippen molar-refractivity contribution >= 4 is 0 Å². The molecule has 0 spiro atoms. The molecule has 0 saturated carbocycles. The fraction of sp³-hybridized carbons (Fsp3) is 0.571. The van der Waals surface area contributed by atoms with Gasteiger partial charge >= 0.3 is 0 Å². The second-order valence-electron chi connectivity index (χ2n) is 2.63. The molecule has 0 aliphatic carbocycles. The van der Waals surface area contributed by atoms with Crippen LogP contribution in [0.1, 0.15) is 0 Å². The van der Waals surface area contributed by atoms with Gasteiger partial charge in [-0.15, -0.1) is 0 Å². The first-order chi connectivity index (χ1) is 4.95. The molecular weight excluding hydrogens is 128 g/mol. The van der Waals surface area contributed by atoms with Crippen molar-refractivity contribution in [2.75, 3.05) is 13.2 Å². The molecule has 0 N–H and O–H groups in total. The summed E-state index contributed by atoms with van der Waals surface area (Å²) in [5, 5.41) is 4.10. The Morgan fingerprint density at radius 3 is 3.00 bits per heavy atom. The Morgan fingerprint density at radius 2 is 2.50 bits per heavy atom. The Kier molecular flexibility index (Phi) is 1.43. The van der Waals surface area contributed by atoms with Crippen LogP contribution in [0, 0.1) is 5.92 Å². The fourth-order valence-corrected chi connectivity index (χ4v) is 1.06. The monoisotopic (exact) mass is 138 g/mol. The molecule has 0 radical (unpaired) electrons. The highest BCUT2D eigenvalue weighted by atomic mass is 16.5. The smallest absolute Gasteiger partial charge is 0.0534 e. The van der Waals surface area contributed by atoms with Gasteiger partial charge in [-0.05, 0) is 6.07 Å². The van der Waals surface area contributed by atoms with Gasteiger partial charge in [0.1, 0.15) is 0 Å². The SMILES string of the molecule is c1cnn(CC2COC2)c1. The molecular formula is C7H10N2O. The van der Waals surface area contributed by atoms with Gasteiger partial charge in [0.05, 0.1) is 13.2 Å². The molecule has 10 heavy (non-hydrogen) atoms. The number of nitrogens with zero attached hydrogens (tertiary/aromatic N) is 2. The van der Waals surface area contributed by atoms with E-state index in [4.69, 9.17) is 4.74 Å². The van der Waals surface area contributed by atoms with Gasteiger partial charge in [0.25, 0.3) is 0 Å². The molecule has 1 fully saturated rings. The third kappa shape index (κ3) is 1.04. The zero-order valence-corrected chi connectivity index (χ0v) is 5.73. The summed E-state index contributed by atoms with van der Waals surface area (Å²) < 4.78 is 6.99. The number of ether oxygens (including phenoxy) is 1. The van der Waals surface area contributed by atoms with Crippen LogP contribution in [0.25, 0.3) is 0 Å². The summed E-state index contributed by atoms with van der Waals surface area (Å²) in [4.78, 5) is 0. The maximum Gasteiger partial charge on any atom is 0.0534 e. The van der Waals surface area contributed by atoms with Crippen molar-refractivity contribution in [2.45, 2.75) is 6.54 Å². The minimum Gasteiger partial charge on any atom is -0.381 e. The minimum atomic E-state index is 0.694. The molecule has 1 aliphatic rings. The lowest BCUT2D eigenvalue weighted by Gasteiger charge is -2.25. The average molecular weight is 138 g/mol. The van der Waals surface area contributed by atoms with Crippen LogP contribution in [-0.4, -0.2) is 23.0 Å². The van der Waals surface area contributed by atoms with E-state index in [0.717, 1.165) is 19.8 Å². The van der Waals surface area contributed by atoms with E-state index in [0.29, 0.717) is 5.92 Å². The first-order valence-electron chi connectivity index (χ1n) is 3.50. The van der Waals surface area contributed by atoms with Crippen LogP contribution in [0.15, 0.2) is 18.5 Å². The van der Waals surface area contributed by atoms with E-state index in [9.17, 15) is 0 Å². The van der Waals surface area contributed by atoms with Crippen molar-refractivity contribution in [1.29, 1.82) is 0 Å². The molecule has 0 unspecified atom stereocenters. The molecule has 1 aromatic heterocycles. The molecule has 0 atom stereocenters.